The highest BCUT2D eigenvalue weighted by Crippen LogP contribution is 2.36. The summed E-state index contributed by atoms with van der Waals surface area (Å²) < 4.78 is 67.9. The second kappa shape index (κ2) is 9.79. The van der Waals surface area contributed by atoms with Crippen molar-refractivity contribution in [1.82, 2.24) is 0 Å². The molecule has 1 heterocycles. The van der Waals surface area contributed by atoms with E-state index in [9.17, 15) is 21.6 Å². The third-order valence-electron chi connectivity index (χ3n) is 5.41. The fourth-order valence-corrected chi connectivity index (χ4v) is 5.50. The van der Waals surface area contributed by atoms with Crippen molar-refractivity contribution < 1.29 is 29.6 Å². The maximum atomic E-state index is 13.1. The van der Waals surface area contributed by atoms with Crippen LogP contribution in [-0.4, -0.2) is 16.8 Å². The van der Waals surface area contributed by atoms with Crippen molar-refractivity contribution >= 4 is 31.2 Å². The highest BCUT2D eigenvalue weighted by Gasteiger charge is 2.24. The van der Waals surface area contributed by atoms with E-state index in [0.717, 1.165) is 11.1 Å². The van der Waals surface area contributed by atoms with Gasteiger partial charge in [-0.25, -0.2) is 4.79 Å². The minimum absolute atomic E-state index is 0.0586. The highest BCUT2D eigenvalue weighted by molar-refractivity contribution is 7.87. The number of benzene rings is 3. The van der Waals surface area contributed by atoms with Gasteiger partial charge < -0.3 is 12.8 Å². The Balaban J connectivity index is 1.87. The van der Waals surface area contributed by atoms with E-state index in [1.807, 2.05) is 20.8 Å². The van der Waals surface area contributed by atoms with E-state index in [0.29, 0.717) is 18.4 Å². The van der Waals surface area contributed by atoms with Crippen molar-refractivity contribution in [1.29, 1.82) is 0 Å². The minimum Gasteiger partial charge on any atom is -0.422 e. The molecule has 0 fully saturated rings. The van der Waals surface area contributed by atoms with E-state index in [-0.39, 0.29) is 32.3 Å². The lowest BCUT2D eigenvalue weighted by Crippen LogP contribution is -2.13. The van der Waals surface area contributed by atoms with Crippen LogP contribution in [0.3, 0.4) is 0 Å². The topological polar surface area (TPSA) is 117 Å². The van der Waals surface area contributed by atoms with E-state index in [2.05, 4.69) is 0 Å². The standard InChI is InChI=1S/C26H24O8S2/c1-4-5-19-14-25(27)32-23-15-20(33-35(28,29)21-10-6-17(2)7-11-21)16-24(26(19)23)34-36(30,31)22-12-8-18(3)9-13-22/h6-16H,4-5H2,1-3H3. The maximum absolute atomic E-state index is 13.1. The molecule has 0 aliphatic rings. The molecule has 4 rings (SSSR count). The lowest BCUT2D eigenvalue weighted by molar-refractivity contribution is 0.476. The summed E-state index contributed by atoms with van der Waals surface area (Å²) in [6.07, 6.45) is 1.09. The molecule has 4 aromatic rings. The Kier molecular flexibility index (Phi) is 6.92. The van der Waals surface area contributed by atoms with Gasteiger partial charge in [-0.05, 0) is 50.1 Å². The highest BCUT2D eigenvalue weighted by atomic mass is 32.2. The van der Waals surface area contributed by atoms with Crippen LogP contribution in [0.1, 0.15) is 30.0 Å². The summed E-state index contributed by atoms with van der Waals surface area (Å²) >= 11 is 0. The van der Waals surface area contributed by atoms with E-state index in [4.69, 9.17) is 12.8 Å². The molecule has 3 aromatic carbocycles. The van der Waals surface area contributed by atoms with E-state index in [1.54, 1.807) is 24.3 Å². The summed E-state index contributed by atoms with van der Waals surface area (Å²) in [5.41, 5.74) is 1.50. The summed E-state index contributed by atoms with van der Waals surface area (Å²) in [6, 6.07) is 15.8. The normalized spacial score (nSPS) is 12.0. The first-order valence-corrected chi connectivity index (χ1v) is 13.9. The van der Waals surface area contributed by atoms with Gasteiger partial charge in [0.05, 0.1) is 5.39 Å². The summed E-state index contributed by atoms with van der Waals surface area (Å²) in [5.74, 6) is -0.483. The third-order valence-corrected chi connectivity index (χ3v) is 7.92. The molecular formula is C26H24O8S2. The Morgan fingerprint density at radius 1 is 0.750 bits per heavy atom. The zero-order chi connectivity index (χ0) is 26.1. The smallest absolute Gasteiger partial charge is 0.339 e. The van der Waals surface area contributed by atoms with Gasteiger partial charge in [0, 0.05) is 18.2 Å². The summed E-state index contributed by atoms with van der Waals surface area (Å²) in [4.78, 5) is 12.0. The molecule has 1 aromatic heterocycles. The molecule has 0 bridgehead atoms. The minimum atomic E-state index is -4.31. The molecule has 0 amide bonds. The van der Waals surface area contributed by atoms with Crippen LogP contribution in [0.5, 0.6) is 11.5 Å². The number of hydrogen-bond donors (Lipinski definition) is 0. The number of rotatable bonds is 8. The summed E-state index contributed by atoms with van der Waals surface area (Å²) in [7, 11) is -8.58. The Bertz CT molecular complexity index is 1680. The van der Waals surface area contributed by atoms with Crippen molar-refractivity contribution in [2.24, 2.45) is 0 Å². The molecule has 0 saturated carbocycles. The molecule has 8 nitrogen and oxygen atoms in total. The predicted octanol–water partition coefficient (Wildman–Crippen LogP) is 4.90. The Morgan fingerprint density at radius 3 is 1.81 bits per heavy atom. The van der Waals surface area contributed by atoms with Gasteiger partial charge >= 0.3 is 25.9 Å². The second-order valence-corrected chi connectivity index (χ2v) is 11.4. The molecule has 0 saturated heterocycles. The largest absolute Gasteiger partial charge is 0.422 e. The Labute approximate surface area is 209 Å². The number of fused-ring (bicyclic) bond motifs is 1. The molecular weight excluding hydrogens is 504 g/mol. The van der Waals surface area contributed by atoms with Crippen LogP contribution < -0.4 is 14.0 Å². The quantitative estimate of drug-likeness (QED) is 0.234. The molecule has 0 radical (unpaired) electrons. The molecule has 0 unspecified atom stereocenters. The molecule has 188 valence electrons. The van der Waals surface area contributed by atoms with Gasteiger partial charge in [0.15, 0.2) is 11.5 Å². The lowest BCUT2D eigenvalue weighted by Gasteiger charge is -2.14. The molecule has 36 heavy (non-hydrogen) atoms. The average Bonchev–Trinajstić information content (AvgIpc) is 2.79. The third kappa shape index (κ3) is 5.44. The van der Waals surface area contributed by atoms with Crippen LogP contribution in [-0.2, 0) is 26.7 Å². The first-order valence-electron chi connectivity index (χ1n) is 11.1. The van der Waals surface area contributed by atoms with Crippen LogP contribution in [0.15, 0.2) is 85.7 Å². The van der Waals surface area contributed by atoms with Gasteiger partial charge in [-0.1, -0.05) is 48.7 Å². The van der Waals surface area contributed by atoms with E-state index >= 15 is 0 Å². The first-order chi connectivity index (χ1) is 17.0. The van der Waals surface area contributed by atoms with Gasteiger partial charge in [0.2, 0.25) is 0 Å². The van der Waals surface area contributed by atoms with Crippen LogP contribution in [0.25, 0.3) is 11.0 Å². The van der Waals surface area contributed by atoms with E-state index in [1.165, 1.54) is 42.5 Å². The van der Waals surface area contributed by atoms with Crippen molar-refractivity contribution in [3.63, 3.8) is 0 Å². The molecule has 0 atom stereocenters. The van der Waals surface area contributed by atoms with Crippen LogP contribution >= 0.6 is 0 Å². The molecule has 0 aliphatic carbocycles. The van der Waals surface area contributed by atoms with Gasteiger partial charge in [0.25, 0.3) is 0 Å². The number of aryl methyl sites for hydroxylation is 3. The average molecular weight is 529 g/mol. The number of hydrogen-bond acceptors (Lipinski definition) is 8. The zero-order valence-corrected chi connectivity index (χ0v) is 21.5. The van der Waals surface area contributed by atoms with Crippen molar-refractivity contribution in [2.45, 2.75) is 43.4 Å². The van der Waals surface area contributed by atoms with Crippen molar-refractivity contribution in [2.75, 3.05) is 0 Å². The van der Waals surface area contributed by atoms with Crippen LogP contribution in [0.2, 0.25) is 0 Å². The SMILES string of the molecule is CCCc1cc(=O)oc2cc(OS(=O)(=O)c3ccc(C)cc3)cc(OS(=O)(=O)c3ccc(C)cc3)c12. The van der Waals surface area contributed by atoms with Crippen LogP contribution in [0.4, 0.5) is 0 Å². The summed E-state index contributed by atoms with van der Waals surface area (Å²) in [6.45, 7) is 5.53. The molecule has 0 aliphatic heterocycles. The Morgan fingerprint density at radius 2 is 1.28 bits per heavy atom. The fraction of sp³-hybridized carbons (Fsp3) is 0.192. The Hall–Kier alpha value is -3.63. The van der Waals surface area contributed by atoms with Crippen molar-refractivity contribution in [3.8, 4) is 11.5 Å². The van der Waals surface area contributed by atoms with Crippen LogP contribution in [0, 0.1) is 13.8 Å². The molecule has 0 N–H and O–H groups in total. The first kappa shape index (κ1) is 25.5. The molecule has 10 heteroatoms. The lowest BCUT2D eigenvalue weighted by atomic mass is 10.0. The van der Waals surface area contributed by atoms with Gasteiger partial charge in [0.1, 0.15) is 15.4 Å². The van der Waals surface area contributed by atoms with E-state index < -0.39 is 25.9 Å². The maximum Gasteiger partial charge on any atom is 0.339 e. The summed E-state index contributed by atoms with van der Waals surface area (Å²) in [5, 5.41) is 0.243. The predicted molar refractivity (Wildman–Crippen MR) is 134 cm³/mol. The second-order valence-electron chi connectivity index (χ2n) is 8.34. The molecule has 0 spiro atoms. The van der Waals surface area contributed by atoms with Gasteiger partial charge in [-0.15, -0.1) is 0 Å². The zero-order valence-electron chi connectivity index (χ0n) is 19.8. The van der Waals surface area contributed by atoms with Gasteiger partial charge in [-0.2, -0.15) is 16.8 Å². The van der Waals surface area contributed by atoms with Crippen molar-refractivity contribution in [3.05, 3.63) is 93.8 Å². The monoisotopic (exact) mass is 528 g/mol. The fourth-order valence-electron chi connectivity index (χ4n) is 3.65. The van der Waals surface area contributed by atoms with Gasteiger partial charge in [-0.3, -0.25) is 0 Å².